The van der Waals surface area contributed by atoms with Crippen molar-refractivity contribution < 1.29 is 13.9 Å². The molecular formula is C25H21ClN2O3S2. The van der Waals surface area contributed by atoms with Crippen molar-refractivity contribution in [2.24, 2.45) is 0 Å². The smallest absolute Gasteiger partial charge is 0.232 e. The summed E-state index contributed by atoms with van der Waals surface area (Å²) in [6, 6.07) is 16.7. The largest absolute Gasteiger partial charge is 0.442 e. The number of hydrogen-bond donors (Lipinski definition) is 0. The number of furan rings is 1. The number of nitrogens with zero attached hydrogens (tertiary/aromatic N) is 2. The van der Waals surface area contributed by atoms with Gasteiger partial charge in [-0.05, 0) is 50.2 Å². The van der Waals surface area contributed by atoms with E-state index in [1.165, 1.54) is 11.8 Å². The number of hydrogen-bond acceptors (Lipinski definition) is 6. The van der Waals surface area contributed by atoms with Gasteiger partial charge in [0.2, 0.25) is 5.71 Å². The molecule has 0 aliphatic carbocycles. The lowest BCUT2D eigenvalue weighted by molar-refractivity contribution is -0.0441. The molecule has 0 unspecified atom stereocenters. The van der Waals surface area contributed by atoms with Crippen LogP contribution in [0.4, 0.5) is 0 Å². The molecule has 3 heterocycles. The van der Waals surface area contributed by atoms with Crippen LogP contribution in [0.15, 0.2) is 64.2 Å². The molecule has 1 aliphatic rings. The van der Waals surface area contributed by atoms with E-state index in [1.54, 1.807) is 24.3 Å². The second-order valence-corrected chi connectivity index (χ2v) is 10.3. The first-order valence-electron chi connectivity index (χ1n) is 10.5. The third-order valence-corrected chi connectivity index (χ3v) is 7.16. The van der Waals surface area contributed by atoms with Crippen molar-refractivity contribution >= 4 is 52.5 Å². The number of rotatable bonds is 5. The van der Waals surface area contributed by atoms with Gasteiger partial charge in [0.25, 0.3) is 0 Å². The maximum absolute atomic E-state index is 12.8. The van der Waals surface area contributed by atoms with Crippen molar-refractivity contribution in [1.29, 1.82) is 0 Å². The highest BCUT2D eigenvalue weighted by atomic mass is 35.5. The van der Waals surface area contributed by atoms with Gasteiger partial charge >= 0.3 is 0 Å². The molecule has 0 saturated heterocycles. The molecule has 168 valence electrons. The summed E-state index contributed by atoms with van der Waals surface area (Å²) in [7, 11) is 0. The number of ketones is 1. The van der Waals surface area contributed by atoms with Gasteiger partial charge in [0.1, 0.15) is 10.4 Å². The van der Waals surface area contributed by atoms with E-state index in [1.807, 2.05) is 48.7 Å². The van der Waals surface area contributed by atoms with Gasteiger partial charge in [0.15, 0.2) is 10.9 Å². The minimum absolute atomic E-state index is 0.0158. The molecule has 5 nitrogen and oxygen atoms in total. The predicted octanol–water partition coefficient (Wildman–Crippen LogP) is 6.83. The fourth-order valence-corrected chi connectivity index (χ4v) is 5.37. The second kappa shape index (κ2) is 8.72. The molecule has 0 amide bonds. The Balaban J connectivity index is 1.59. The first kappa shape index (κ1) is 22.3. The van der Waals surface area contributed by atoms with E-state index in [9.17, 15) is 4.79 Å². The highest BCUT2D eigenvalue weighted by Gasteiger charge is 2.32. The molecule has 2 aromatic carbocycles. The number of thioether (sulfide) groups is 1. The Hall–Kier alpha value is -2.45. The van der Waals surface area contributed by atoms with E-state index < -0.39 is 0 Å². The third-order valence-electron chi connectivity index (χ3n) is 5.58. The second-order valence-electron chi connectivity index (χ2n) is 8.50. The molecular weight excluding hydrogens is 476 g/mol. The predicted molar refractivity (Wildman–Crippen MR) is 133 cm³/mol. The van der Waals surface area contributed by atoms with Crippen LogP contribution < -0.4 is 0 Å². The van der Waals surface area contributed by atoms with Crippen molar-refractivity contribution in [2.75, 3.05) is 5.75 Å². The van der Waals surface area contributed by atoms with Crippen molar-refractivity contribution in [3.8, 4) is 5.69 Å². The molecule has 2 aromatic heterocycles. The van der Waals surface area contributed by atoms with Crippen LogP contribution in [0.25, 0.3) is 16.8 Å². The average Bonchev–Trinajstić information content (AvgIpc) is 3.15. The van der Waals surface area contributed by atoms with E-state index in [0.29, 0.717) is 39.1 Å². The lowest BCUT2D eigenvalue weighted by Gasteiger charge is -2.28. The third kappa shape index (κ3) is 4.38. The molecule has 0 atom stereocenters. The van der Waals surface area contributed by atoms with Crippen LogP contribution in [-0.2, 0) is 17.8 Å². The van der Waals surface area contributed by atoms with Crippen LogP contribution >= 0.6 is 35.6 Å². The number of aromatic nitrogens is 2. The van der Waals surface area contributed by atoms with Crippen molar-refractivity contribution in [1.82, 2.24) is 9.55 Å². The van der Waals surface area contributed by atoms with Crippen molar-refractivity contribution in [2.45, 2.75) is 37.6 Å². The van der Waals surface area contributed by atoms with Crippen LogP contribution in [0.1, 0.15) is 35.5 Å². The lowest BCUT2D eigenvalue weighted by Crippen LogP contribution is -2.31. The Morgan fingerprint density at radius 2 is 1.91 bits per heavy atom. The first-order chi connectivity index (χ1) is 15.8. The highest BCUT2D eigenvalue weighted by molar-refractivity contribution is 7.99. The Morgan fingerprint density at radius 1 is 1.18 bits per heavy atom. The number of carbonyl (C=O) groups excluding carboxylic acids is 1. The molecule has 0 bridgehead atoms. The van der Waals surface area contributed by atoms with Gasteiger partial charge in [-0.1, -0.05) is 53.8 Å². The molecule has 5 rings (SSSR count). The number of carbonyl (C=O) groups is 1. The Labute approximate surface area is 205 Å². The number of benzene rings is 2. The van der Waals surface area contributed by atoms with Crippen LogP contribution in [0.3, 0.4) is 0 Å². The van der Waals surface area contributed by atoms with Gasteiger partial charge < -0.3 is 9.15 Å². The minimum atomic E-state index is -0.305. The summed E-state index contributed by atoms with van der Waals surface area (Å²) in [4.78, 5) is 17.6. The Morgan fingerprint density at radius 3 is 2.64 bits per heavy atom. The van der Waals surface area contributed by atoms with Gasteiger partial charge in [-0.3, -0.25) is 9.36 Å². The van der Waals surface area contributed by atoms with Crippen molar-refractivity contribution in [3.05, 3.63) is 81.1 Å². The molecule has 4 aromatic rings. The molecule has 1 aliphatic heterocycles. The lowest BCUT2D eigenvalue weighted by atomic mass is 9.97. The normalized spacial score (nSPS) is 14.9. The monoisotopic (exact) mass is 496 g/mol. The quantitative estimate of drug-likeness (QED) is 0.131. The van der Waals surface area contributed by atoms with Gasteiger partial charge in [-0.2, -0.15) is 4.98 Å². The SMILES string of the molecule is CC1(C)Cc2oc3nc(SCC(=O)c4ccc(Cl)cc4)n(-c4ccccc4)c(=S)c3c2CO1. The summed E-state index contributed by atoms with van der Waals surface area (Å²) in [6.07, 6.45) is 0.649. The molecule has 0 saturated carbocycles. The molecule has 0 fully saturated rings. The van der Waals surface area contributed by atoms with Gasteiger partial charge in [0.05, 0.1) is 23.3 Å². The van der Waals surface area contributed by atoms with Crippen LogP contribution in [0.5, 0.6) is 0 Å². The fraction of sp³-hybridized carbons (Fsp3) is 0.240. The summed E-state index contributed by atoms with van der Waals surface area (Å²) in [5.74, 6) is 1.05. The number of para-hydroxylation sites is 1. The highest BCUT2D eigenvalue weighted by Crippen LogP contribution is 2.37. The molecule has 8 heteroatoms. The van der Waals surface area contributed by atoms with E-state index in [4.69, 9.17) is 38.0 Å². The minimum Gasteiger partial charge on any atom is -0.442 e. The Bertz CT molecular complexity index is 1410. The summed E-state index contributed by atoms with van der Waals surface area (Å²) >= 11 is 13.2. The van der Waals surface area contributed by atoms with Crippen LogP contribution in [-0.4, -0.2) is 26.7 Å². The molecule has 0 N–H and O–H groups in total. The summed E-state index contributed by atoms with van der Waals surface area (Å²) in [5.41, 5.74) is 2.62. The molecule has 33 heavy (non-hydrogen) atoms. The zero-order valence-corrected chi connectivity index (χ0v) is 20.5. The van der Waals surface area contributed by atoms with E-state index >= 15 is 0 Å². The van der Waals surface area contributed by atoms with E-state index in [-0.39, 0.29) is 17.1 Å². The molecule has 0 spiro atoms. The Kier molecular flexibility index (Phi) is 5.91. The van der Waals surface area contributed by atoms with Crippen LogP contribution in [0, 0.1) is 4.64 Å². The zero-order chi connectivity index (χ0) is 23.2. The fourth-order valence-electron chi connectivity index (χ4n) is 3.88. The van der Waals surface area contributed by atoms with Gasteiger partial charge in [-0.15, -0.1) is 0 Å². The number of Topliss-reactive ketones (excluding diaryl/α,β-unsaturated/α-hetero) is 1. The molecule has 0 radical (unpaired) electrons. The van der Waals surface area contributed by atoms with Gasteiger partial charge in [-0.25, -0.2) is 0 Å². The number of fused-ring (bicyclic) bond motifs is 3. The number of ether oxygens (including phenoxy) is 1. The van der Waals surface area contributed by atoms with Crippen molar-refractivity contribution in [3.63, 3.8) is 0 Å². The average molecular weight is 497 g/mol. The maximum atomic E-state index is 12.8. The summed E-state index contributed by atoms with van der Waals surface area (Å²) in [6.45, 7) is 4.51. The van der Waals surface area contributed by atoms with E-state index in [0.717, 1.165) is 22.4 Å². The van der Waals surface area contributed by atoms with Crippen LogP contribution in [0.2, 0.25) is 5.02 Å². The maximum Gasteiger partial charge on any atom is 0.232 e. The summed E-state index contributed by atoms with van der Waals surface area (Å²) < 4.78 is 14.7. The van der Waals surface area contributed by atoms with E-state index in [2.05, 4.69) is 0 Å². The standard InChI is InChI=1S/C25H21ClN2O3S2/c1-25(2)12-20-18(13-30-25)21-22(31-20)27-24(28(23(21)32)17-6-4-3-5-7-17)33-14-19(29)15-8-10-16(26)11-9-15/h3-11H,12-14H2,1-2H3. The first-order valence-corrected chi connectivity index (χ1v) is 12.3. The van der Waals surface area contributed by atoms with Gasteiger partial charge in [0, 0.05) is 28.3 Å². The topological polar surface area (TPSA) is 57.3 Å². The number of halogens is 1. The zero-order valence-electron chi connectivity index (χ0n) is 18.1. The summed E-state index contributed by atoms with van der Waals surface area (Å²) in [5, 5.41) is 2.00.